The molecule has 1 aliphatic carbocycles. The number of amides is 1. The molecular formula is C17H20N2O2. The van der Waals surface area contributed by atoms with Crippen molar-refractivity contribution in [2.45, 2.75) is 45.1 Å². The second-order valence-corrected chi connectivity index (χ2v) is 6.18. The van der Waals surface area contributed by atoms with Crippen molar-refractivity contribution in [3.8, 4) is 11.8 Å². The summed E-state index contributed by atoms with van der Waals surface area (Å²) in [4.78, 5) is 11.4. The molecule has 1 amide bonds. The number of benzene rings is 1. The number of nitriles is 1. The van der Waals surface area contributed by atoms with Gasteiger partial charge in [-0.25, -0.2) is 0 Å². The Morgan fingerprint density at radius 2 is 2.19 bits per heavy atom. The molecule has 1 aromatic rings. The molecule has 0 bridgehead atoms. The molecule has 3 atom stereocenters. The van der Waals surface area contributed by atoms with E-state index in [2.05, 4.69) is 18.3 Å². The lowest BCUT2D eigenvalue weighted by Gasteiger charge is -2.31. The van der Waals surface area contributed by atoms with Crippen molar-refractivity contribution in [3.05, 3.63) is 23.8 Å². The van der Waals surface area contributed by atoms with Gasteiger partial charge in [0.2, 0.25) is 5.91 Å². The van der Waals surface area contributed by atoms with Crippen LogP contribution in [0.25, 0.3) is 0 Å². The van der Waals surface area contributed by atoms with Crippen LogP contribution in [0.3, 0.4) is 0 Å². The summed E-state index contributed by atoms with van der Waals surface area (Å²) in [5.41, 5.74) is 2.00. The van der Waals surface area contributed by atoms with Crippen LogP contribution in [-0.4, -0.2) is 12.0 Å². The number of hydrogen-bond donors (Lipinski definition) is 1. The lowest BCUT2D eigenvalue weighted by atomic mass is 9.81. The highest BCUT2D eigenvalue weighted by Gasteiger charge is 2.30. The predicted octanol–water partition coefficient (Wildman–Crippen LogP) is 3.28. The lowest BCUT2D eigenvalue weighted by molar-refractivity contribution is -0.116. The molecule has 3 rings (SSSR count). The number of carbonyl (C=O) groups is 1. The van der Waals surface area contributed by atoms with Crippen molar-refractivity contribution < 1.29 is 9.53 Å². The van der Waals surface area contributed by atoms with Crippen LogP contribution in [0, 0.1) is 23.2 Å². The van der Waals surface area contributed by atoms with Crippen LogP contribution in [0.1, 0.15) is 38.2 Å². The van der Waals surface area contributed by atoms with E-state index >= 15 is 0 Å². The Hall–Kier alpha value is -2.02. The molecule has 2 aliphatic rings. The van der Waals surface area contributed by atoms with E-state index in [9.17, 15) is 10.1 Å². The van der Waals surface area contributed by atoms with Crippen LogP contribution in [0.2, 0.25) is 0 Å². The maximum Gasteiger partial charge on any atom is 0.224 e. The second-order valence-electron chi connectivity index (χ2n) is 6.18. The van der Waals surface area contributed by atoms with Gasteiger partial charge in [-0.15, -0.1) is 0 Å². The average Bonchev–Trinajstić information content (AvgIpc) is 2.48. The van der Waals surface area contributed by atoms with Gasteiger partial charge in [-0.2, -0.15) is 5.26 Å². The van der Waals surface area contributed by atoms with E-state index in [1.54, 1.807) is 0 Å². The highest BCUT2D eigenvalue weighted by atomic mass is 16.5. The minimum atomic E-state index is -0.0185. The first-order chi connectivity index (χ1) is 10.2. The van der Waals surface area contributed by atoms with Gasteiger partial charge in [-0.1, -0.05) is 6.92 Å². The molecular weight excluding hydrogens is 264 g/mol. The van der Waals surface area contributed by atoms with Gasteiger partial charge >= 0.3 is 0 Å². The first-order valence-corrected chi connectivity index (χ1v) is 7.65. The number of anilines is 1. The van der Waals surface area contributed by atoms with Crippen molar-refractivity contribution in [1.82, 2.24) is 0 Å². The van der Waals surface area contributed by atoms with Crippen LogP contribution in [0.15, 0.2) is 18.2 Å². The van der Waals surface area contributed by atoms with Crippen molar-refractivity contribution in [2.24, 2.45) is 11.8 Å². The minimum Gasteiger partial charge on any atom is -0.489 e. The van der Waals surface area contributed by atoms with Gasteiger partial charge in [0.1, 0.15) is 11.9 Å². The fourth-order valence-electron chi connectivity index (χ4n) is 3.21. The fraction of sp³-hybridized carbons (Fsp3) is 0.529. The third-order valence-corrected chi connectivity index (χ3v) is 4.48. The van der Waals surface area contributed by atoms with E-state index in [4.69, 9.17) is 4.74 Å². The number of rotatable bonds is 2. The molecule has 1 heterocycles. The number of nitrogens with one attached hydrogen (secondary N) is 1. The van der Waals surface area contributed by atoms with E-state index in [1.807, 2.05) is 18.2 Å². The van der Waals surface area contributed by atoms with Gasteiger partial charge in [0.15, 0.2) is 0 Å². The third-order valence-electron chi connectivity index (χ3n) is 4.48. The summed E-state index contributed by atoms with van der Waals surface area (Å²) in [6.45, 7) is 2.21. The molecule has 0 radical (unpaired) electrons. The first-order valence-electron chi connectivity index (χ1n) is 7.65. The van der Waals surface area contributed by atoms with Gasteiger partial charge in [-0.3, -0.25) is 4.79 Å². The zero-order valence-corrected chi connectivity index (χ0v) is 12.3. The molecule has 1 saturated carbocycles. The predicted molar refractivity (Wildman–Crippen MR) is 79.9 cm³/mol. The number of nitrogens with zero attached hydrogens (tertiary/aromatic N) is 1. The monoisotopic (exact) mass is 284 g/mol. The number of fused-ring (bicyclic) bond motifs is 1. The summed E-state index contributed by atoms with van der Waals surface area (Å²) >= 11 is 0. The molecule has 4 heteroatoms. The number of hydrogen-bond acceptors (Lipinski definition) is 3. The topological polar surface area (TPSA) is 62.1 Å². The zero-order chi connectivity index (χ0) is 14.8. The summed E-state index contributed by atoms with van der Waals surface area (Å²) in [5, 5.41) is 12.1. The Balaban J connectivity index is 1.75. The summed E-state index contributed by atoms with van der Waals surface area (Å²) in [6.07, 6.45) is 4.22. The second kappa shape index (κ2) is 5.77. The lowest BCUT2D eigenvalue weighted by Crippen LogP contribution is -2.32. The summed E-state index contributed by atoms with van der Waals surface area (Å²) < 4.78 is 6.09. The highest BCUT2D eigenvalue weighted by molar-refractivity contribution is 5.93. The normalized spacial score (nSPS) is 28.2. The maximum absolute atomic E-state index is 11.4. The van der Waals surface area contributed by atoms with Crippen molar-refractivity contribution in [1.29, 1.82) is 5.26 Å². The molecule has 1 fully saturated rings. The number of ether oxygens (including phenoxy) is 1. The maximum atomic E-state index is 11.4. The van der Waals surface area contributed by atoms with E-state index in [0.29, 0.717) is 12.3 Å². The van der Waals surface area contributed by atoms with E-state index in [-0.39, 0.29) is 17.9 Å². The number of carbonyl (C=O) groups excluding carboxylic acids is 1. The summed E-state index contributed by atoms with van der Waals surface area (Å²) in [7, 11) is 0. The fourth-order valence-corrected chi connectivity index (χ4v) is 3.21. The van der Waals surface area contributed by atoms with Crippen molar-refractivity contribution in [2.75, 3.05) is 5.32 Å². The van der Waals surface area contributed by atoms with Gasteiger partial charge in [0, 0.05) is 12.1 Å². The SMILES string of the molecule is CC1CCC(C#N)C(Oc2ccc3c(c2)CCC(=O)N3)C1. The van der Waals surface area contributed by atoms with Crippen LogP contribution in [-0.2, 0) is 11.2 Å². The molecule has 1 aromatic carbocycles. The van der Waals surface area contributed by atoms with E-state index in [0.717, 1.165) is 42.7 Å². The molecule has 1 N–H and O–H groups in total. The highest BCUT2D eigenvalue weighted by Crippen LogP contribution is 2.33. The molecule has 110 valence electrons. The smallest absolute Gasteiger partial charge is 0.224 e. The largest absolute Gasteiger partial charge is 0.489 e. The molecule has 0 saturated heterocycles. The molecule has 0 spiro atoms. The van der Waals surface area contributed by atoms with Crippen LogP contribution >= 0.6 is 0 Å². The van der Waals surface area contributed by atoms with Crippen molar-refractivity contribution in [3.63, 3.8) is 0 Å². The Bertz CT molecular complexity index is 591. The van der Waals surface area contributed by atoms with Gasteiger partial charge in [-0.05, 0) is 55.4 Å². The summed E-state index contributed by atoms with van der Waals surface area (Å²) in [5.74, 6) is 1.47. The molecule has 3 unspecified atom stereocenters. The quantitative estimate of drug-likeness (QED) is 0.906. The van der Waals surface area contributed by atoms with Crippen LogP contribution in [0.5, 0.6) is 5.75 Å². The molecule has 4 nitrogen and oxygen atoms in total. The standard InChI is InChI=1S/C17H20N2O2/c1-11-2-3-13(10-18)16(8-11)21-14-5-6-15-12(9-14)4-7-17(20)19-15/h5-6,9,11,13,16H,2-4,7-8H2,1H3,(H,19,20). The Morgan fingerprint density at radius 1 is 1.33 bits per heavy atom. The van der Waals surface area contributed by atoms with Gasteiger partial charge in [0.05, 0.1) is 12.0 Å². The Kier molecular flexibility index (Phi) is 3.83. The van der Waals surface area contributed by atoms with Gasteiger partial charge < -0.3 is 10.1 Å². The number of aryl methyl sites for hydroxylation is 1. The van der Waals surface area contributed by atoms with E-state index < -0.39 is 0 Å². The third kappa shape index (κ3) is 3.02. The van der Waals surface area contributed by atoms with Crippen molar-refractivity contribution >= 4 is 11.6 Å². The van der Waals surface area contributed by atoms with E-state index in [1.165, 1.54) is 0 Å². The van der Waals surface area contributed by atoms with Gasteiger partial charge in [0.25, 0.3) is 0 Å². The zero-order valence-electron chi connectivity index (χ0n) is 12.3. The molecule has 1 aliphatic heterocycles. The molecule has 0 aromatic heterocycles. The summed E-state index contributed by atoms with van der Waals surface area (Å²) in [6, 6.07) is 8.17. The average molecular weight is 284 g/mol. The Labute approximate surface area is 125 Å². The molecule has 21 heavy (non-hydrogen) atoms. The first kappa shape index (κ1) is 13.9. The van der Waals surface area contributed by atoms with Crippen LogP contribution in [0.4, 0.5) is 5.69 Å². The van der Waals surface area contributed by atoms with Crippen LogP contribution < -0.4 is 10.1 Å². The minimum absolute atomic E-state index is 0.0167. The Morgan fingerprint density at radius 3 is 3.00 bits per heavy atom.